The molecule has 2 aliphatic heterocycles. The summed E-state index contributed by atoms with van der Waals surface area (Å²) in [6, 6.07) is 7.91. The van der Waals surface area contributed by atoms with Crippen molar-refractivity contribution in [3.05, 3.63) is 29.8 Å². The number of nitrogens with one attached hydrogen (secondary N) is 1. The number of rotatable bonds is 9. The number of benzene rings is 1. The van der Waals surface area contributed by atoms with E-state index in [0.29, 0.717) is 26.3 Å². The summed E-state index contributed by atoms with van der Waals surface area (Å²) in [5.41, 5.74) is 2.07. The summed E-state index contributed by atoms with van der Waals surface area (Å²) in [6.07, 6.45) is 4.33. The van der Waals surface area contributed by atoms with Crippen molar-refractivity contribution in [3.8, 4) is 0 Å². The molecule has 0 radical (unpaired) electrons. The van der Waals surface area contributed by atoms with Gasteiger partial charge in [0.2, 0.25) is 11.8 Å². The van der Waals surface area contributed by atoms with Gasteiger partial charge >= 0.3 is 0 Å². The van der Waals surface area contributed by atoms with Crippen molar-refractivity contribution in [3.63, 3.8) is 0 Å². The van der Waals surface area contributed by atoms with Crippen LogP contribution < -0.4 is 10.2 Å². The van der Waals surface area contributed by atoms with Gasteiger partial charge in [-0.2, -0.15) is 0 Å². The van der Waals surface area contributed by atoms with Crippen LogP contribution >= 0.6 is 0 Å². The third kappa shape index (κ3) is 5.30. The highest BCUT2D eigenvalue weighted by molar-refractivity contribution is 6.00. The van der Waals surface area contributed by atoms with Gasteiger partial charge in [0, 0.05) is 38.4 Å². The standard InChI is InChI=1S/C21H30N2O4/c1-2-16-7-3-4-9-19(16)23-14-17(13-20(23)24)21(25)22-10-6-11-26-15-18-8-5-12-27-18/h3-4,7,9,17-18H,2,5-6,8,10-15H2,1H3,(H,22,25). The molecule has 2 atom stereocenters. The molecule has 0 saturated carbocycles. The highest BCUT2D eigenvalue weighted by Gasteiger charge is 2.35. The van der Waals surface area contributed by atoms with E-state index in [4.69, 9.17) is 9.47 Å². The Balaban J connectivity index is 1.38. The molecule has 3 rings (SSSR count). The van der Waals surface area contributed by atoms with Crippen molar-refractivity contribution < 1.29 is 19.1 Å². The fraction of sp³-hybridized carbons (Fsp3) is 0.619. The normalized spacial score (nSPS) is 22.4. The van der Waals surface area contributed by atoms with E-state index in [0.717, 1.165) is 43.5 Å². The molecule has 2 saturated heterocycles. The van der Waals surface area contributed by atoms with E-state index in [1.165, 1.54) is 0 Å². The zero-order chi connectivity index (χ0) is 19.1. The molecule has 6 heteroatoms. The van der Waals surface area contributed by atoms with Crippen molar-refractivity contribution in [2.75, 3.05) is 37.8 Å². The largest absolute Gasteiger partial charge is 0.379 e. The molecule has 2 unspecified atom stereocenters. The van der Waals surface area contributed by atoms with Crippen LogP contribution in [0.5, 0.6) is 0 Å². The summed E-state index contributed by atoms with van der Waals surface area (Å²) < 4.78 is 11.1. The lowest BCUT2D eigenvalue weighted by atomic mass is 10.1. The molecule has 0 aromatic heterocycles. The fourth-order valence-corrected chi connectivity index (χ4v) is 3.71. The molecule has 2 heterocycles. The van der Waals surface area contributed by atoms with Gasteiger partial charge in [-0.05, 0) is 37.3 Å². The highest BCUT2D eigenvalue weighted by Crippen LogP contribution is 2.28. The van der Waals surface area contributed by atoms with Crippen LogP contribution in [-0.2, 0) is 25.5 Å². The maximum atomic E-state index is 12.4. The van der Waals surface area contributed by atoms with Gasteiger partial charge in [0.05, 0.1) is 18.6 Å². The minimum absolute atomic E-state index is 0.0240. The van der Waals surface area contributed by atoms with Gasteiger partial charge in [-0.25, -0.2) is 0 Å². The summed E-state index contributed by atoms with van der Waals surface area (Å²) >= 11 is 0. The Hall–Kier alpha value is -1.92. The molecular weight excluding hydrogens is 344 g/mol. The molecular formula is C21H30N2O4. The number of carbonyl (C=O) groups is 2. The molecule has 0 bridgehead atoms. The third-order valence-electron chi connectivity index (χ3n) is 5.25. The number of ether oxygens (including phenoxy) is 2. The van der Waals surface area contributed by atoms with Gasteiger partial charge in [0.1, 0.15) is 0 Å². The summed E-state index contributed by atoms with van der Waals surface area (Å²) in [7, 11) is 0. The van der Waals surface area contributed by atoms with Crippen LogP contribution in [0.25, 0.3) is 0 Å². The minimum Gasteiger partial charge on any atom is -0.379 e. The van der Waals surface area contributed by atoms with Crippen molar-refractivity contribution >= 4 is 17.5 Å². The summed E-state index contributed by atoms with van der Waals surface area (Å²) in [4.78, 5) is 26.6. The number of carbonyl (C=O) groups excluding carboxylic acids is 2. The van der Waals surface area contributed by atoms with Gasteiger partial charge in [-0.15, -0.1) is 0 Å². The van der Waals surface area contributed by atoms with E-state index in [9.17, 15) is 9.59 Å². The molecule has 27 heavy (non-hydrogen) atoms. The second kappa shape index (κ2) is 9.85. The lowest BCUT2D eigenvalue weighted by Crippen LogP contribution is -2.34. The third-order valence-corrected chi connectivity index (χ3v) is 5.25. The van der Waals surface area contributed by atoms with Gasteiger partial charge in [-0.3, -0.25) is 9.59 Å². The van der Waals surface area contributed by atoms with E-state index in [2.05, 4.69) is 12.2 Å². The summed E-state index contributed by atoms with van der Waals surface area (Å²) in [5.74, 6) is -0.301. The second-order valence-electron chi connectivity index (χ2n) is 7.24. The Labute approximate surface area is 161 Å². The number of hydrogen-bond acceptors (Lipinski definition) is 4. The van der Waals surface area contributed by atoms with E-state index in [1.54, 1.807) is 4.90 Å². The summed E-state index contributed by atoms with van der Waals surface area (Å²) in [6.45, 7) is 5.18. The Kier molecular flexibility index (Phi) is 7.24. The number of anilines is 1. The molecule has 1 aromatic rings. The molecule has 6 nitrogen and oxygen atoms in total. The van der Waals surface area contributed by atoms with Gasteiger partial charge in [0.25, 0.3) is 0 Å². The molecule has 2 fully saturated rings. The van der Waals surface area contributed by atoms with E-state index < -0.39 is 0 Å². The van der Waals surface area contributed by atoms with Crippen LogP contribution in [0.1, 0.15) is 38.2 Å². The molecule has 2 aliphatic rings. The van der Waals surface area contributed by atoms with Gasteiger partial charge in [0.15, 0.2) is 0 Å². The molecule has 1 N–H and O–H groups in total. The van der Waals surface area contributed by atoms with E-state index in [-0.39, 0.29) is 30.3 Å². The average Bonchev–Trinajstić information content (AvgIpc) is 3.34. The maximum Gasteiger partial charge on any atom is 0.227 e. The van der Waals surface area contributed by atoms with Crippen molar-refractivity contribution in [2.45, 2.75) is 45.1 Å². The minimum atomic E-state index is -0.282. The lowest BCUT2D eigenvalue weighted by molar-refractivity contribution is -0.126. The van der Waals surface area contributed by atoms with Gasteiger partial charge in [-0.1, -0.05) is 25.1 Å². The van der Waals surface area contributed by atoms with Crippen LogP contribution in [-0.4, -0.2) is 50.8 Å². The van der Waals surface area contributed by atoms with E-state index in [1.807, 2.05) is 24.3 Å². The molecule has 0 spiro atoms. The molecule has 1 aromatic carbocycles. The Morgan fingerprint density at radius 3 is 3.00 bits per heavy atom. The maximum absolute atomic E-state index is 12.4. The first-order valence-electron chi connectivity index (χ1n) is 10.0. The number of amides is 2. The monoisotopic (exact) mass is 374 g/mol. The molecule has 0 aliphatic carbocycles. The van der Waals surface area contributed by atoms with E-state index >= 15 is 0 Å². The van der Waals surface area contributed by atoms with Gasteiger partial charge < -0.3 is 19.7 Å². The number of hydrogen-bond donors (Lipinski definition) is 1. The average molecular weight is 374 g/mol. The molecule has 2 amide bonds. The Bertz CT molecular complexity index is 643. The van der Waals surface area contributed by atoms with Crippen molar-refractivity contribution in [1.82, 2.24) is 5.32 Å². The zero-order valence-corrected chi connectivity index (χ0v) is 16.1. The topological polar surface area (TPSA) is 67.9 Å². The Morgan fingerprint density at radius 1 is 1.37 bits per heavy atom. The first-order valence-corrected chi connectivity index (χ1v) is 10.0. The summed E-state index contributed by atoms with van der Waals surface area (Å²) in [5, 5.41) is 2.95. The van der Waals surface area contributed by atoms with Crippen LogP contribution in [0, 0.1) is 5.92 Å². The van der Waals surface area contributed by atoms with Crippen LogP contribution in [0.4, 0.5) is 5.69 Å². The molecule has 148 valence electrons. The fourth-order valence-electron chi connectivity index (χ4n) is 3.71. The number of para-hydroxylation sites is 1. The van der Waals surface area contributed by atoms with Crippen LogP contribution in [0.15, 0.2) is 24.3 Å². The number of nitrogens with zero attached hydrogens (tertiary/aromatic N) is 1. The SMILES string of the molecule is CCc1ccccc1N1CC(C(=O)NCCCOCC2CCCO2)CC1=O. The van der Waals surface area contributed by atoms with Crippen LogP contribution in [0.3, 0.4) is 0 Å². The zero-order valence-electron chi connectivity index (χ0n) is 16.1. The van der Waals surface area contributed by atoms with Crippen LogP contribution in [0.2, 0.25) is 0 Å². The quantitative estimate of drug-likeness (QED) is 0.674. The Morgan fingerprint density at radius 2 is 2.22 bits per heavy atom. The first-order chi connectivity index (χ1) is 13.2. The highest BCUT2D eigenvalue weighted by atomic mass is 16.5. The smallest absolute Gasteiger partial charge is 0.227 e. The van der Waals surface area contributed by atoms with Crippen molar-refractivity contribution in [1.29, 1.82) is 0 Å². The predicted octanol–water partition coefficient (Wildman–Crippen LogP) is 2.30. The van der Waals surface area contributed by atoms with Crippen molar-refractivity contribution in [2.24, 2.45) is 5.92 Å². The number of aryl methyl sites for hydroxylation is 1. The second-order valence-corrected chi connectivity index (χ2v) is 7.24. The lowest BCUT2D eigenvalue weighted by Gasteiger charge is -2.20. The predicted molar refractivity (Wildman–Crippen MR) is 104 cm³/mol. The first kappa shape index (κ1) is 19.8.